The zero-order valence-corrected chi connectivity index (χ0v) is 27.4. The van der Waals surface area contributed by atoms with Crippen molar-refractivity contribution >= 4 is 35.1 Å². The second kappa shape index (κ2) is 14.8. The number of anilines is 4. The molecule has 0 bridgehead atoms. The summed E-state index contributed by atoms with van der Waals surface area (Å²) in [6.07, 6.45) is -4.19. The number of ether oxygens (including phenoxy) is 3. The number of likely N-dealkylation sites (N-methyl/N-ethyl adjacent to an activating group) is 1. The van der Waals surface area contributed by atoms with Crippen molar-refractivity contribution in [1.29, 1.82) is 0 Å². The minimum atomic E-state index is -4.66. The number of halogens is 3. The van der Waals surface area contributed by atoms with Crippen molar-refractivity contribution in [1.82, 2.24) is 19.8 Å². The molecular formula is C34H36F3N7O5. The maximum atomic E-state index is 14.1. The van der Waals surface area contributed by atoms with Gasteiger partial charge in [-0.25, -0.2) is 14.7 Å². The van der Waals surface area contributed by atoms with Gasteiger partial charge in [0.1, 0.15) is 23.1 Å². The summed E-state index contributed by atoms with van der Waals surface area (Å²) in [6.45, 7) is 4.63. The van der Waals surface area contributed by atoms with E-state index in [4.69, 9.17) is 19.9 Å². The smallest absolute Gasteiger partial charge is 0.425 e. The molecule has 1 fully saturated rings. The Bertz CT molecular complexity index is 1830. The summed E-state index contributed by atoms with van der Waals surface area (Å²) in [5.74, 6) is 0.0328. The molecule has 3 N–H and O–H groups in total. The number of nitrogens with two attached hydrogens (primary N) is 1. The van der Waals surface area contributed by atoms with Crippen molar-refractivity contribution in [2.75, 3.05) is 63.4 Å². The second-order valence-electron chi connectivity index (χ2n) is 11.4. The van der Waals surface area contributed by atoms with E-state index >= 15 is 0 Å². The lowest BCUT2D eigenvalue weighted by atomic mass is 10.0. The van der Waals surface area contributed by atoms with Crippen molar-refractivity contribution in [2.45, 2.75) is 19.6 Å². The van der Waals surface area contributed by atoms with Crippen LogP contribution < -0.4 is 30.2 Å². The van der Waals surface area contributed by atoms with Crippen LogP contribution in [-0.2, 0) is 12.7 Å². The van der Waals surface area contributed by atoms with Crippen LogP contribution in [0.1, 0.15) is 27.0 Å². The van der Waals surface area contributed by atoms with Crippen LogP contribution in [0.5, 0.6) is 17.2 Å². The summed E-state index contributed by atoms with van der Waals surface area (Å²) in [7, 11) is 4.88. The number of aromatic nitrogens is 2. The highest BCUT2D eigenvalue weighted by molar-refractivity contribution is 6.04. The molecule has 258 valence electrons. The van der Waals surface area contributed by atoms with Crippen LogP contribution in [-0.4, -0.2) is 79.2 Å². The third kappa shape index (κ3) is 8.36. The first-order chi connectivity index (χ1) is 23.4. The minimum Gasteiger partial charge on any atom is -0.497 e. The van der Waals surface area contributed by atoms with Crippen LogP contribution in [0.4, 0.5) is 41.1 Å². The van der Waals surface area contributed by atoms with Gasteiger partial charge in [0.25, 0.3) is 5.91 Å². The predicted molar refractivity (Wildman–Crippen MR) is 178 cm³/mol. The summed E-state index contributed by atoms with van der Waals surface area (Å²) >= 11 is 0. The Kier molecular flexibility index (Phi) is 10.5. The molecular weight excluding hydrogens is 643 g/mol. The zero-order chi connectivity index (χ0) is 35.3. The van der Waals surface area contributed by atoms with Crippen LogP contribution in [0.25, 0.3) is 0 Å². The molecule has 1 aliphatic heterocycles. The number of methoxy groups -OCH3 is 2. The maximum Gasteiger partial charge on any atom is 0.425 e. The number of aryl methyl sites for hydroxylation is 1. The normalized spacial score (nSPS) is 13.9. The molecule has 2 heterocycles. The lowest BCUT2D eigenvalue weighted by Crippen LogP contribution is -2.44. The van der Waals surface area contributed by atoms with Gasteiger partial charge in [0.05, 0.1) is 25.5 Å². The fourth-order valence-corrected chi connectivity index (χ4v) is 5.27. The summed E-state index contributed by atoms with van der Waals surface area (Å²) in [4.78, 5) is 40.3. The fraction of sp³-hybridized carbons (Fsp3) is 0.294. The van der Waals surface area contributed by atoms with Crippen LogP contribution in [0.3, 0.4) is 0 Å². The Morgan fingerprint density at radius 1 is 0.959 bits per heavy atom. The first-order valence-corrected chi connectivity index (χ1v) is 15.2. The number of hydrogen-bond donors (Lipinski definition) is 2. The SMILES string of the molecule is COc1ccc(N(C(=O)Oc2cc(NC(=O)c3ccc(CN4CCN(C)CC4)c(C(F)(F)F)c3)ccc2C)c2ccnc(N)n2)c(OC)c1. The Labute approximate surface area is 281 Å². The number of nitrogens with one attached hydrogen (secondary N) is 1. The van der Waals surface area contributed by atoms with Crippen molar-refractivity contribution in [3.8, 4) is 17.2 Å². The van der Waals surface area contributed by atoms with E-state index in [1.165, 1.54) is 44.7 Å². The third-order valence-corrected chi connectivity index (χ3v) is 8.01. The van der Waals surface area contributed by atoms with Gasteiger partial charge in [0.2, 0.25) is 5.95 Å². The van der Waals surface area contributed by atoms with E-state index in [9.17, 15) is 22.8 Å². The predicted octanol–water partition coefficient (Wildman–Crippen LogP) is 5.74. The van der Waals surface area contributed by atoms with E-state index in [0.717, 1.165) is 24.1 Å². The zero-order valence-electron chi connectivity index (χ0n) is 27.4. The number of rotatable bonds is 9. The Morgan fingerprint density at radius 3 is 2.39 bits per heavy atom. The maximum absolute atomic E-state index is 14.1. The molecule has 49 heavy (non-hydrogen) atoms. The summed E-state index contributed by atoms with van der Waals surface area (Å²) < 4.78 is 59.0. The summed E-state index contributed by atoms with van der Waals surface area (Å²) in [5.41, 5.74) is 5.85. The molecule has 1 aliphatic rings. The van der Waals surface area contributed by atoms with Gasteiger partial charge in [0.15, 0.2) is 0 Å². The largest absolute Gasteiger partial charge is 0.497 e. The first-order valence-electron chi connectivity index (χ1n) is 15.2. The molecule has 12 nitrogen and oxygen atoms in total. The highest BCUT2D eigenvalue weighted by Crippen LogP contribution is 2.37. The monoisotopic (exact) mass is 679 g/mol. The molecule has 3 aromatic carbocycles. The molecule has 1 saturated heterocycles. The van der Waals surface area contributed by atoms with Crippen molar-refractivity contribution in [3.05, 3.63) is 89.1 Å². The summed E-state index contributed by atoms with van der Waals surface area (Å²) in [6, 6.07) is 14.4. The van der Waals surface area contributed by atoms with Gasteiger partial charge in [-0.3, -0.25) is 9.69 Å². The van der Waals surface area contributed by atoms with Gasteiger partial charge in [-0.15, -0.1) is 0 Å². The molecule has 1 aromatic heterocycles. The van der Waals surface area contributed by atoms with Gasteiger partial charge in [-0.2, -0.15) is 18.2 Å². The van der Waals surface area contributed by atoms with Gasteiger partial charge >= 0.3 is 12.3 Å². The van der Waals surface area contributed by atoms with Gasteiger partial charge in [-0.1, -0.05) is 12.1 Å². The number of amides is 2. The fourth-order valence-electron chi connectivity index (χ4n) is 5.27. The summed E-state index contributed by atoms with van der Waals surface area (Å²) in [5, 5.41) is 2.62. The first kappa shape index (κ1) is 34.9. The highest BCUT2D eigenvalue weighted by atomic mass is 19.4. The van der Waals surface area contributed by atoms with E-state index in [1.807, 2.05) is 11.9 Å². The number of nitrogens with zero attached hydrogens (tertiary/aromatic N) is 5. The molecule has 0 unspecified atom stereocenters. The number of piperazine rings is 1. The van der Waals surface area contributed by atoms with Crippen LogP contribution in [0.15, 0.2) is 66.9 Å². The van der Waals surface area contributed by atoms with Gasteiger partial charge in [0, 0.05) is 68.4 Å². The molecule has 5 rings (SSSR count). The average Bonchev–Trinajstić information content (AvgIpc) is 3.07. The molecule has 0 aliphatic carbocycles. The Balaban J connectivity index is 1.39. The molecule has 4 aromatic rings. The molecule has 2 amide bonds. The minimum absolute atomic E-state index is 0.0702. The number of hydrogen-bond acceptors (Lipinski definition) is 10. The van der Waals surface area contributed by atoms with E-state index in [2.05, 4.69) is 20.2 Å². The van der Waals surface area contributed by atoms with E-state index < -0.39 is 23.7 Å². The number of carbonyl (C=O) groups excluding carboxylic acids is 2. The van der Waals surface area contributed by atoms with E-state index in [1.54, 1.807) is 37.3 Å². The van der Waals surface area contributed by atoms with E-state index in [0.29, 0.717) is 24.4 Å². The quantitative estimate of drug-likeness (QED) is 0.226. The standard InChI is InChI=1S/C34H36F3N7O5/c1-21-5-8-24(40-31(45)22-6-7-23(26(17-22)34(35,36)37)20-43-15-13-42(2)14-16-43)18-28(21)49-33(46)44(30-11-12-39-32(38)41-30)27-10-9-25(47-3)19-29(27)48-4/h5-12,17-19H,13-16,20H2,1-4H3,(H,40,45)(H2,38,39,41). The number of carbonyl (C=O) groups is 2. The highest BCUT2D eigenvalue weighted by Gasteiger charge is 2.35. The Morgan fingerprint density at radius 2 is 1.71 bits per heavy atom. The van der Waals surface area contributed by atoms with E-state index in [-0.39, 0.29) is 52.3 Å². The Hall–Kier alpha value is -5.41. The number of benzene rings is 3. The molecule has 15 heteroatoms. The van der Waals surface area contributed by atoms with Crippen molar-refractivity contribution in [3.63, 3.8) is 0 Å². The van der Waals surface area contributed by atoms with Crippen LogP contribution in [0.2, 0.25) is 0 Å². The van der Waals surface area contributed by atoms with Crippen LogP contribution >= 0.6 is 0 Å². The van der Waals surface area contributed by atoms with Crippen molar-refractivity contribution in [2.24, 2.45) is 0 Å². The lowest BCUT2D eigenvalue weighted by Gasteiger charge is -2.33. The van der Waals surface area contributed by atoms with Gasteiger partial charge in [-0.05, 0) is 55.4 Å². The van der Waals surface area contributed by atoms with Crippen LogP contribution in [0, 0.1) is 6.92 Å². The van der Waals surface area contributed by atoms with Crippen molar-refractivity contribution < 1.29 is 37.0 Å². The average molecular weight is 680 g/mol. The molecule has 0 atom stereocenters. The molecule has 0 saturated carbocycles. The molecule has 0 radical (unpaired) electrons. The topological polar surface area (TPSA) is 135 Å². The van der Waals surface area contributed by atoms with Gasteiger partial charge < -0.3 is 30.2 Å². The molecule has 0 spiro atoms. The number of alkyl halides is 3. The third-order valence-electron chi connectivity index (χ3n) is 8.01. The lowest BCUT2D eigenvalue weighted by molar-refractivity contribution is -0.138. The number of nitrogen functional groups attached to an aromatic ring is 1. The second-order valence-corrected chi connectivity index (χ2v) is 11.4.